The quantitative estimate of drug-likeness (QED) is 0.582. The molecule has 0 saturated carbocycles. The molecule has 1 atom stereocenters. The summed E-state index contributed by atoms with van der Waals surface area (Å²) in [5.74, 6) is -0.871. The first-order valence-corrected chi connectivity index (χ1v) is 8.82. The van der Waals surface area contributed by atoms with E-state index in [4.69, 9.17) is 10.8 Å². The summed E-state index contributed by atoms with van der Waals surface area (Å²) in [6, 6.07) is 4.89. The SMILES string of the molecule is Cc1ccc(-c2cc(C(=O)NC[C@H](O)C(F)(F)F)c(N)c(-c3cnn(C)c3)n2)cn1. The van der Waals surface area contributed by atoms with E-state index in [2.05, 4.69) is 20.4 Å². The lowest BCUT2D eigenvalue weighted by atomic mass is 10.0. The van der Waals surface area contributed by atoms with Gasteiger partial charge < -0.3 is 16.2 Å². The Hall–Kier alpha value is -3.47. The van der Waals surface area contributed by atoms with Crippen molar-refractivity contribution in [2.24, 2.45) is 7.05 Å². The molecule has 0 saturated heterocycles. The van der Waals surface area contributed by atoms with Gasteiger partial charge in [0.25, 0.3) is 5.91 Å². The molecule has 0 aromatic carbocycles. The van der Waals surface area contributed by atoms with Gasteiger partial charge in [-0.2, -0.15) is 18.3 Å². The van der Waals surface area contributed by atoms with Crippen LogP contribution in [0.25, 0.3) is 22.5 Å². The van der Waals surface area contributed by atoms with Crippen LogP contribution in [0.15, 0.2) is 36.8 Å². The number of nitrogen functional groups attached to an aromatic ring is 1. The van der Waals surface area contributed by atoms with Gasteiger partial charge in [0.05, 0.1) is 35.4 Å². The molecule has 0 unspecified atom stereocenters. The molecule has 11 heteroatoms. The zero-order chi connectivity index (χ0) is 22.1. The number of amides is 1. The Kier molecular flexibility index (Phi) is 5.74. The Morgan fingerprint density at radius 1 is 1.30 bits per heavy atom. The highest BCUT2D eigenvalue weighted by Gasteiger charge is 2.38. The van der Waals surface area contributed by atoms with Crippen molar-refractivity contribution < 1.29 is 23.1 Å². The fraction of sp³-hybridized carbons (Fsp3) is 0.263. The number of aliphatic hydroxyl groups excluding tert-OH is 1. The molecule has 0 fully saturated rings. The average molecular weight is 420 g/mol. The van der Waals surface area contributed by atoms with Gasteiger partial charge in [-0.05, 0) is 25.1 Å². The molecule has 8 nitrogen and oxygen atoms in total. The topological polar surface area (TPSA) is 119 Å². The Bertz CT molecular complexity index is 1060. The molecular weight excluding hydrogens is 401 g/mol. The third-order valence-electron chi connectivity index (χ3n) is 4.32. The molecular formula is C19H19F3N6O2. The normalized spacial score (nSPS) is 12.6. The number of nitrogens with one attached hydrogen (secondary N) is 1. The number of aryl methyl sites for hydroxylation is 2. The zero-order valence-corrected chi connectivity index (χ0v) is 16.1. The number of pyridine rings is 2. The maximum absolute atomic E-state index is 12.6. The van der Waals surface area contributed by atoms with Crippen LogP contribution in [0.4, 0.5) is 18.9 Å². The van der Waals surface area contributed by atoms with E-state index in [1.54, 1.807) is 31.6 Å². The summed E-state index contributed by atoms with van der Waals surface area (Å²) >= 11 is 0. The highest BCUT2D eigenvalue weighted by Crippen LogP contribution is 2.31. The molecule has 158 valence electrons. The second kappa shape index (κ2) is 8.11. The largest absolute Gasteiger partial charge is 0.416 e. The van der Waals surface area contributed by atoms with Gasteiger partial charge in [0.2, 0.25) is 0 Å². The number of halogens is 3. The molecule has 3 rings (SSSR count). The number of carbonyl (C=O) groups is 1. The predicted octanol–water partition coefficient (Wildman–Crippen LogP) is 2.09. The second-order valence-corrected chi connectivity index (χ2v) is 6.68. The number of anilines is 1. The predicted molar refractivity (Wildman–Crippen MR) is 103 cm³/mol. The van der Waals surface area contributed by atoms with E-state index in [9.17, 15) is 18.0 Å². The molecule has 0 radical (unpaired) electrons. The maximum atomic E-state index is 12.6. The summed E-state index contributed by atoms with van der Waals surface area (Å²) in [5.41, 5.74) is 8.54. The van der Waals surface area contributed by atoms with Gasteiger partial charge in [0, 0.05) is 36.3 Å². The minimum atomic E-state index is -4.85. The van der Waals surface area contributed by atoms with Gasteiger partial charge in [0.15, 0.2) is 6.10 Å². The highest BCUT2D eigenvalue weighted by atomic mass is 19.4. The summed E-state index contributed by atoms with van der Waals surface area (Å²) in [4.78, 5) is 21.3. The van der Waals surface area contributed by atoms with E-state index in [-0.39, 0.29) is 16.9 Å². The molecule has 3 aromatic rings. The molecule has 0 aliphatic carbocycles. The molecule has 0 aliphatic rings. The lowest BCUT2D eigenvalue weighted by molar-refractivity contribution is -0.201. The Morgan fingerprint density at radius 2 is 2.03 bits per heavy atom. The maximum Gasteiger partial charge on any atom is 0.416 e. The molecule has 3 aromatic heterocycles. The van der Waals surface area contributed by atoms with Crippen LogP contribution >= 0.6 is 0 Å². The lowest BCUT2D eigenvalue weighted by Crippen LogP contribution is -2.40. The van der Waals surface area contributed by atoms with Crippen molar-refractivity contribution >= 4 is 11.6 Å². The number of alkyl halides is 3. The molecule has 0 bridgehead atoms. The summed E-state index contributed by atoms with van der Waals surface area (Å²) < 4.78 is 39.1. The first kappa shape index (κ1) is 21.2. The van der Waals surface area contributed by atoms with Crippen LogP contribution in [0, 0.1) is 6.92 Å². The summed E-state index contributed by atoms with van der Waals surface area (Å²) in [6.45, 7) is 0.805. The standard InChI is InChI=1S/C19H19F3N6O2/c1-10-3-4-11(6-24-10)14-5-13(18(30)25-8-15(29)19(20,21)22)16(23)17(27-14)12-7-26-28(2)9-12/h3-7,9,15,29H,8,23H2,1-2H3,(H,25,30)/t15-/m0/s1. The number of carbonyl (C=O) groups excluding carboxylic acids is 1. The second-order valence-electron chi connectivity index (χ2n) is 6.68. The minimum Gasteiger partial charge on any atom is -0.396 e. The van der Waals surface area contributed by atoms with E-state index >= 15 is 0 Å². The summed E-state index contributed by atoms with van der Waals surface area (Å²) in [7, 11) is 1.69. The Balaban J connectivity index is 2.03. The Labute approximate surface area is 169 Å². The first-order valence-electron chi connectivity index (χ1n) is 8.82. The Morgan fingerprint density at radius 3 is 2.60 bits per heavy atom. The molecule has 30 heavy (non-hydrogen) atoms. The number of hydrogen-bond acceptors (Lipinski definition) is 6. The molecule has 3 heterocycles. The number of rotatable bonds is 5. The van der Waals surface area contributed by atoms with Gasteiger partial charge in [0.1, 0.15) is 0 Å². The van der Waals surface area contributed by atoms with Crippen molar-refractivity contribution in [2.75, 3.05) is 12.3 Å². The average Bonchev–Trinajstić information content (AvgIpc) is 3.12. The van der Waals surface area contributed by atoms with E-state index in [1.807, 2.05) is 6.92 Å². The summed E-state index contributed by atoms with van der Waals surface area (Å²) in [6.07, 6.45) is -2.83. The first-order chi connectivity index (χ1) is 14.1. The molecule has 0 spiro atoms. The van der Waals surface area contributed by atoms with Crippen LogP contribution in [0.5, 0.6) is 0 Å². The van der Waals surface area contributed by atoms with E-state index < -0.39 is 24.7 Å². The van der Waals surface area contributed by atoms with Gasteiger partial charge in [-0.1, -0.05) is 0 Å². The van der Waals surface area contributed by atoms with E-state index in [0.717, 1.165) is 5.69 Å². The van der Waals surface area contributed by atoms with Gasteiger partial charge in [-0.25, -0.2) is 4.98 Å². The van der Waals surface area contributed by atoms with Gasteiger partial charge >= 0.3 is 6.18 Å². The van der Waals surface area contributed by atoms with Crippen LogP contribution in [-0.4, -0.2) is 49.6 Å². The number of nitrogens with zero attached hydrogens (tertiary/aromatic N) is 4. The molecule has 4 N–H and O–H groups in total. The third-order valence-corrected chi connectivity index (χ3v) is 4.32. The lowest BCUT2D eigenvalue weighted by Gasteiger charge is -2.16. The van der Waals surface area contributed by atoms with Gasteiger partial charge in [-0.3, -0.25) is 14.5 Å². The third kappa shape index (κ3) is 4.57. The number of nitrogens with two attached hydrogens (primary N) is 1. The fourth-order valence-electron chi connectivity index (χ4n) is 2.67. The van der Waals surface area contributed by atoms with Crippen molar-refractivity contribution in [1.29, 1.82) is 0 Å². The van der Waals surface area contributed by atoms with Crippen LogP contribution in [0.3, 0.4) is 0 Å². The molecule has 1 amide bonds. The van der Waals surface area contributed by atoms with E-state index in [0.29, 0.717) is 16.8 Å². The number of aliphatic hydroxyl groups is 1. The fourth-order valence-corrected chi connectivity index (χ4v) is 2.67. The van der Waals surface area contributed by atoms with Crippen molar-refractivity contribution in [3.05, 3.63) is 48.0 Å². The highest BCUT2D eigenvalue weighted by molar-refractivity contribution is 6.03. The smallest absolute Gasteiger partial charge is 0.396 e. The van der Waals surface area contributed by atoms with Crippen molar-refractivity contribution in [1.82, 2.24) is 25.1 Å². The monoisotopic (exact) mass is 420 g/mol. The summed E-state index contributed by atoms with van der Waals surface area (Å²) in [5, 5.41) is 15.3. The molecule has 0 aliphatic heterocycles. The van der Waals surface area contributed by atoms with Crippen LogP contribution in [-0.2, 0) is 7.05 Å². The van der Waals surface area contributed by atoms with Crippen molar-refractivity contribution in [3.8, 4) is 22.5 Å². The number of hydrogen-bond donors (Lipinski definition) is 3. The van der Waals surface area contributed by atoms with Crippen molar-refractivity contribution in [2.45, 2.75) is 19.2 Å². The minimum absolute atomic E-state index is 0.0224. The van der Waals surface area contributed by atoms with Gasteiger partial charge in [-0.15, -0.1) is 0 Å². The van der Waals surface area contributed by atoms with Crippen LogP contribution < -0.4 is 11.1 Å². The van der Waals surface area contributed by atoms with E-state index in [1.165, 1.54) is 16.9 Å². The van der Waals surface area contributed by atoms with Crippen molar-refractivity contribution in [3.63, 3.8) is 0 Å². The van der Waals surface area contributed by atoms with Crippen LogP contribution in [0.1, 0.15) is 16.1 Å². The zero-order valence-electron chi connectivity index (χ0n) is 16.1. The van der Waals surface area contributed by atoms with Crippen LogP contribution in [0.2, 0.25) is 0 Å². The number of aromatic nitrogens is 4.